The molecule has 1 aliphatic rings. The first-order valence-electron chi connectivity index (χ1n) is 6.27. The number of aromatic nitrogens is 4. The highest BCUT2D eigenvalue weighted by molar-refractivity contribution is 6.20. The molecule has 2 heterocycles. The van der Waals surface area contributed by atoms with Gasteiger partial charge in [0.25, 0.3) is 0 Å². The van der Waals surface area contributed by atoms with Crippen LogP contribution in [0.2, 0.25) is 0 Å². The second-order valence-corrected chi connectivity index (χ2v) is 5.44. The van der Waals surface area contributed by atoms with E-state index in [1.807, 2.05) is 13.2 Å². The molecule has 0 radical (unpaired) electrons. The summed E-state index contributed by atoms with van der Waals surface area (Å²) in [5.41, 5.74) is 0.860. The van der Waals surface area contributed by atoms with Gasteiger partial charge in [0, 0.05) is 18.5 Å². The van der Waals surface area contributed by atoms with Crippen LogP contribution >= 0.6 is 11.6 Å². The number of anilines is 1. The van der Waals surface area contributed by atoms with Gasteiger partial charge in [0.15, 0.2) is 5.65 Å². The molecule has 0 amide bonds. The fourth-order valence-electron chi connectivity index (χ4n) is 2.47. The molecule has 0 aromatic carbocycles. The van der Waals surface area contributed by atoms with Gasteiger partial charge in [-0.25, -0.2) is 9.97 Å². The van der Waals surface area contributed by atoms with Crippen LogP contribution in [0.5, 0.6) is 0 Å². The maximum absolute atomic E-state index is 6.12. The highest BCUT2D eigenvalue weighted by Crippen LogP contribution is 2.26. The Hall–Kier alpha value is -1.36. The van der Waals surface area contributed by atoms with E-state index in [1.165, 1.54) is 0 Å². The predicted molar refractivity (Wildman–Crippen MR) is 71.8 cm³/mol. The summed E-state index contributed by atoms with van der Waals surface area (Å²) in [6, 6.07) is 0.457. The van der Waals surface area contributed by atoms with Gasteiger partial charge >= 0.3 is 0 Å². The van der Waals surface area contributed by atoms with Gasteiger partial charge in [-0.1, -0.05) is 0 Å². The standard InChI is InChI=1S/C12H16ClN5/c1-18-12-10(6-16-18)11(14-7-15-12)17-9-4-2-8(13)3-5-9/h6-9H,2-5H2,1H3,(H,14,15,17). The third kappa shape index (κ3) is 2.14. The van der Waals surface area contributed by atoms with Gasteiger partial charge in [-0.3, -0.25) is 4.68 Å². The van der Waals surface area contributed by atoms with Crippen molar-refractivity contribution in [2.75, 3.05) is 5.32 Å². The molecule has 0 aliphatic heterocycles. The maximum atomic E-state index is 6.12. The van der Waals surface area contributed by atoms with E-state index in [-0.39, 0.29) is 0 Å². The number of rotatable bonds is 2. The lowest BCUT2D eigenvalue weighted by atomic mass is 9.95. The van der Waals surface area contributed by atoms with Crippen LogP contribution in [0.25, 0.3) is 11.0 Å². The first kappa shape index (κ1) is 11.7. The first-order chi connectivity index (χ1) is 8.74. The van der Waals surface area contributed by atoms with Crippen LogP contribution in [0.4, 0.5) is 5.82 Å². The Bertz CT molecular complexity index is 544. The van der Waals surface area contributed by atoms with E-state index in [4.69, 9.17) is 11.6 Å². The Balaban J connectivity index is 1.82. The molecule has 0 saturated heterocycles. The molecule has 6 heteroatoms. The number of nitrogens with zero attached hydrogens (tertiary/aromatic N) is 4. The van der Waals surface area contributed by atoms with Crippen molar-refractivity contribution in [2.45, 2.75) is 37.1 Å². The zero-order valence-electron chi connectivity index (χ0n) is 10.3. The summed E-state index contributed by atoms with van der Waals surface area (Å²) in [6.07, 6.45) is 7.73. The smallest absolute Gasteiger partial charge is 0.163 e. The topological polar surface area (TPSA) is 55.6 Å². The average molecular weight is 266 g/mol. The highest BCUT2D eigenvalue weighted by atomic mass is 35.5. The Kier molecular flexibility index (Phi) is 3.07. The van der Waals surface area contributed by atoms with Gasteiger partial charge in [0.2, 0.25) is 0 Å². The van der Waals surface area contributed by atoms with E-state index in [0.29, 0.717) is 11.4 Å². The minimum atomic E-state index is 0.340. The van der Waals surface area contributed by atoms with Crippen molar-refractivity contribution in [3.05, 3.63) is 12.5 Å². The Morgan fingerprint density at radius 3 is 2.83 bits per heavy atom. The number of nitrogens with one attached hydrogen (secondary N) is 1. The summed E-state index contributed by atoms with van der Waals surface area (Å²) >= 11 is 6.12. The van der Waals surface area contributed by atoms with Crippen molar-refractivity contribution >= 4 is 28.5 Å². The summed E-state index contributed by atoms with van der Waals surface area (Å²) in [4.78, 5) is 8.56. The number of aryl methyl sites for hydroxylation is 1. The molecule has 1 aliphatic carbocycles. The van der Waals surface area contributed by atoms with Gasteiger partial charge in [-0.05, 0) is 25.7 Å². The molecule has 0 spiro atoms. The van der Waals surface area contributed by atoms with Gasteiger partial charge < -0.3 is 5.32 Å². The van der Waals surface area contributed by atoms with Crippen molar-refractivity contribution in [1.82, 2.24) is 19.7 Å². The van der Waals surface area contributed by atoms with E-state index < -0.39 is 0 Å². The van der Waals surface area contributed by atoms with E-state index in [2.05, 4.69) is 20.4 Å². The SMILES string of the molecule is Cn1ncc2c(NC3CCC(Cl)CC3)ncnc21. The molecule has 1 fully saturated rings. The largest absolute Gasteiger partial charge is 0.367 e. The minimum Gasteiger partial charge on any atom is -0.367 e. The summed E-state index contributed by atoms with van der Waals surface area (Å²) in [7, 11) is 1.89. The fraction of sp³-hybridized carbons (Fsp3) is 0.583. The summed E-state index contributed by atoms with van der Waals surface area (Å²) in [5, 5.41) is 9.03. The van der Waals surface area contributed by atoms with Crippen LogP contribution in [0, 0.1) is 0 Å². The van der Waals surface area contributed by atoms with E-state index in [1.54, 1.807) is 11.0 Å². The summed E-state index contributed by atoms with van der Waals surface area (Å²) in [5.74, 6) is 0.881. The molecular formula is C12H16ClN5. The van der Waals surface area contributed by atoms with Crippen LogP contribution in [-0.4, -0.2) is 31.2 Å². The monoisotopic (exact) mass is 265 g/mol. The van der Waals surface area contributed by atoms with Gasteiger partial charge in [-0.15, -0.1) is 11.6 Å². The van der Waals surface area contributed by atoms with Crippen molar-refractivity contribution in [3.63, 3.8) is 0 Å². The van der Waals surface area contributed by atoms with Crippen molar-refractivity contribution in [1.29, 1.82) is 0 Å². The van der Waals surface area contributed by atoms with E-state index in [0.717, 1.165) is 42.5 Å². The number of halogens is 1. The molecular weight excluding hydrogens is 250 g/mol. The second kappa shape index (κ2) is 4.72. The molecule has 1 saturated carbocycles. The number of alkyl halides is 1. The molecule has 3 rings (SSSR count). The highest BCUT2D eigenvalue weighted by Gasteiger charge is 2.20. The zero-order valence-corrected chi connectivity index (χ0v) is 11.1. The molecule has 96 valence electrons. The Morgan fingerprint density at radius 2 is 2.06 bits per heavy atom. The van der Waals surface area contributed by atoms with Crippen molar-refractivity contribution in [3.8, 4) is 0 Å². The van der Waals surface area contributed by atoms with Crippen LogP contribution in [0.1, 0.15) is 25.7 Å². The average Bonchev–Trinajstić information content (AvgIpc) is 2.76. The van der Waals surface area contributed by atoms with Crippen LogP contribution in [-0.2, 0) is 7.05 Å². The lowest BCUT2D eigenvalue weighted by Gasteiger charge is -2.26. The minimum absolute atomic E-state index is 0.340. The van der Waals surface area contributed by atoms with Crippen molar-refractivity contribution in [2.24, 2.45) is 7.05 Å². The number of hydrogen-bond donors (Lipinski definition) is 1. The third-order valence-electron chi connectivity index (χ3n) is 3.53. The van der Waals surface area contributed by atoms with Crippen LogP contribution in [0.15, 0.2) is 12.5 Å². The lowest BCUT2D eigenvalue weighted by Crippen LogP contribution is -2.26. The fourth-order valence-corrected chi connectivity index (χ4v) is 2.72. The van der Waals surface area contributed by atoms with Crippen LogP contribution in [0.3, 0.4) is 0 Å². The lowest BCUT2D eigenvalue weighted by molar-refractivity contribution is 0.468. The number of fused-ring (bicyclic) bond motifs is 1. The van der Waals surface area contributed by atoms with E-state index >= 15 is 0 Å². The van der Waals surface area contributed by atoms with Crippen LogP contribution < -0.4 is 5.32 Å². The quantitative estimate of drug-likeness (QED) is 0.847. The van der Waals surface area contributed by atoms with Gasteiger partial charge in [0.05, 0.1) is 11.6 Å². The Morgan fingerprint density at radius 1 is 1.28 bits per heavy atom. The summed E-state index contributed by atoms with van der Waals surface area (Å²) < 4.78 is 1.76. The molecule has 0 bridgehead atoms. The molecule has 0 unspecified atom stereocenters. The molecule has 5 nitrogen and oxygen atoms in total. The second-order valence-electron chi connectivity index (χ2n) is 4.82. The number of hydrogen-bond acceptors (Lipinski definition) is 4. The summed E-state index contributed by atoms with van der Waals surface area (Å²) in [6.45, 7) is 0. The molecule has 0 atom stereocenters. The van der Waals surface area contributed by atoms with Gasteiger partial charge in [-0.2, -0.15) is 5.10 Å². The molecule has 18 heavy (non-hydrogen) atoms. The molecule has 2 aromatic heterocycles. The first-order valence-corrected chi connectivity index (χ1v) is 6.71. The van der Waals surface area contributed by atoms with Crippen molar-refractivity contribution < 1.29 is 0 Å². The normalized spacial score (nSPS) is 24.3. The third-order valence-corrected chi connectivity index (χ3v) is 3.96. The molecule has 2 aromatic rings. The predicted octanol–water partition coefficient (Wildman–Crippen LogP) is 2.33. The van der Waals surface area contributed by atoms with E-state index in [9.17, 15) is 0 Å². The zero-order chi connectivity index (χ0) is 12.5. The maximum Gasteiger partial charge on any atom is 0.163 e. The molecule has 1 N–H and O–H groups in total. The van der Waals surface area contributed by atoms with Gasteiger partial charge in [0.1, 0.15) is 12.1 Å². The Labute approximate surface area is 111 Å².